The van der Waals surface area contributed by atoms with E-state index < -0.39 is 48.2 Å². The first-order valence-corrected chi connectivity index (χ1v) is 16.0. The van der Waals surface area contributed by atoms with Crippen molar-refractivity contribution in [3.05, 3.63) is 117 Å². The number of aryl methyl sites for hydroxylation is 4. The summed E-state index contributed by atoms with van der Waals surface area (Å²) in [7, 11) is -12.0. The van der Waals surface area contributed by atoms with E-state index in [0.717, 1.165) is 22.3 Å². The number of fused-ring (bicyclic) bond motifs is 3. The van der Waals surface area contributed by atoms with Gasteiger partial charge in [-0.25, -0.2) is 0 Å². The van der Waals surface area contributed by atoms with E-state index in [1.807, 2.05) is 36.4 Å². The highest BCUT2D eigenvalue weighted by Crippen LogP contribution is 2.57. The third kappa shape index (κ3) is 5.13. The molecule has 4 aromatic rings. The zero-order chi connectivity index (χ0) is 33.3. The molecule has 0 saturated carbocycles. The molecule has 0 aliphatic heterocycles. The lowest BCUT2D eigenvalue weighted by molar-refractivity contribution is -0.0505. The highest BCUT2D eigenvalue weighted by molar-refractivity contribution is 7.88. The summed E-state index contributed by atoms with van der Waals surface area (Å²) in [4.78, 5) is 0. The van der Waals surface area contributed by atoms with Crippen LogP contribution in [0.5, 0.6) is 11.5 Å². The maximum Gasteiger partial charge on any atom is 0.534 e. The summed E-state index contributed by atoms with van der Waals surface area (Å²) in [6.45, 7) is 5.59. The minimum Gasteiger partial charge on any atom is -0.375 e. The molecule has 0 radical (unpaired) electrons. The van der Waals surface area contributed by atoms with Crippen molar-refractivity contribution in [2.24, 2.45) is 0 Å². The van der Waals surface area contributed by atoms with Crippen molar-refractivity contribution < 1.29 is 51.5 Å². The van der Waals surface area contributed by atoms with Gasteiger partial charge in [0.1, 0.15) is 11.5 Å². The lowest BCUT2D eigenvalue weighted by atomic mass is 9.66. The van der Waals surface area contributed by atoms with E-state index in [1.165, 1.54) is 52.0 Å². The SMILES string of the molecule is Cc1cc(C2(c3cc(C)c(OS(=O)(=O)C(F)(F)F)c(C)c3)c3ccccc3-c3ccccc32)cc(C)c1OS(=O)(=O)C(F)(F)F. The van der Waals surface area contributed by atoms with E-state index >= 15 is 0 Å². The zero-order valence-electron chi connectivity index (χ0n) is 24.0. The van der Waals surface area contributed by atoms with Gasteiger partial charge in [0.25, 0.3) is 0 Å². The molecule has 6 nitrogen and oxygen atoms in total. The normalized spacial score (nSPS) is 14.5. The smallest absolute Gasteiger partial charge is 0.375 e. The fourth-order valence-corrected chi connectivity index (χ4v) is 7.09. The van der Waals surface area contributed by atoms with E-state index in [0.29, 0.717) is 11.1 Å². The van der Waals surface area contributed by atoms with Crippen LogP contribution >= 0.6 is 0 Å². The van der Waals surface area contributed by atoms with Gasteiger partial charge in [0.2, 0.25) is 0 Å². The van der Waals surface area contributed by atoms with E-state index in [-0.39, 0.29) is 22.3 Å². The van der Waals surface area contributed by atoms with Gasteiger partial charge in [0.05, 0.1) is 5.41 Å². The molecule has 0 atom stereocenters. The molecule has 45 heavy (non-hydrogen) atoms. The molecule has 0 aromatic heterocycles. The second-order valence-corrected chi connectivity index (χ2v) is 13.8. The Balaban J connectivity index is 1.82. The van der Waals surface area contributed by atoms with Crippen molar-refractivity contribution in [2.75, 3.05) is 0 Å². The molecule has 0 bridgehead atoms. The zero-order valence-corrected chi connectivity index (χ0v) is 25.6. The summed E-state index contributed by atoms with van der Waals surface area (Å²) in [6.07, 6.45) is 0. The van der Waals surface area contributed by atoms with Crippen LogP contribution in [0.1, 0.15) is 44.5 Å². The second-order valence-electron chi connectivity index (χ2n) is 10.7. The first kappa shape index (κ1) is 32.4. The van der Waals surface area contributed by atoms with Crippen LogP contribution in [0.4, 0.5) is 26.3 Å². The fraction of sp³-hybridized carbons (Fsp3) is 0.226. The maximum atomic E-state index is 13.2. The number of halogens is 6. The van der Waals surface area contributed by atoms with Gasteiger partial charge in [-0.3, -0.25) is 0 Å². The quantitative estimate of drug-likeness (QED) is 0.104. The van der Waals surface area contributed by atoms with E-state index in [9.17, 15) is 43.2 Å². The lowest BCUT2D eigenvalue weighted by Gasteiger charge is -2.35. The van der Waals surface area contributed by atoms with E-state index in [2.05, 4.69) is 8.37 Å². The summed E-state index contributed by atoms with van der Waals surface area (Å²) in [5.74, 6) is -1.00. The van der Waals surface area contributed by atoms with Gasteiger partial charge in [-0.1, -0.05) is 72.8 Å². The van der Waals surface area contributed by atoms with Crippen LogP contribution in [0.3, 0.4) is 0 Å². The predicted molar refractivity (Wildman–Crippen MR) is 154 cm³/mol. The van der Waals surface area contributed by atoms with Gasteiger partial charge >= 0.3 is 31.3 Å². The molecule has 1 aliphatic carbocycles. The summed E-state index contributed by atoms with van der Waals surface area (Å²) in [5.41, 5.74) is -8.24. The molecule has 0 unspecified atom stereocenters. The Kier molecular flexibility index (Phi) is 7.56. The van der Waals surface area contributed by atoms with Gasteiger partial charge in [-0.05, 0) is 83.3 Å². The fourth-order valence-electron chi connectivity index (χ4n) is 5.93. The molecule has 0 amide bonds. The summed E-state index contributed by atoms with van der Waals surface area (Å²) in [5, 5.41) is 0. The Bertz CT molecular complexity index is 1870. The van der Waals surface area contributed by atoms with Crippen LogP contribution in [-0.4, -0.2) is 27.9 Å². The lowest BCUT2D eigenvalue weighted by Crippen LogP contribution is -2.31. The summed E-state index contributed by atoms with van der Waals surface area (Å²) >= 11 is 0. The van der Waals surface area contributed by atoms with E-state index in [1.54, 1.807) is 12.1 Å². The minimum absolute atomic E-state index is 0.0729. The molecule has 4 aromatic carbocycles. The monoisotopic (exact) mass is 670 g/mol. The molecule has 238 valence electrons. The highest BCUT2D eigenvalue weighted by Gasteiger charge is 2.51. The van der Waals surface area contributed by atoms with Crippen molar-refractivity contribution in [1.82, 2.24) is 0 Å². The van der Waals surface area contributed by atoms with Gasteiger partial charge in [-0.15, -0.1) is 0 Å². The molecular weight excluding hydrogens is 646 g/mol. The average molecular weight is 671 g/mol. The molecule has 0 heterocycles. The van der Waals surface area contributed by atoms with Crippen molar-refractivity contribution in [2.45, 2.75) is 44.1 Å². The van der Waals surface area contributed by atoms with Crippen LogP contribution < -0.4 is 8.37 Å². The highest BCUT2D eigenvalue weighted by atomic mass is 32.2. The van der Waals surface area contributed by atoms with Crippen molar-refractivity contribution in [1.29, 1.82) is 0 Å². The minimum atomic E-state index is -5.98. The van der Waals surface area contributed by atoms with Gasteiger partial charge in [-0.2, -0.15) is 43.2 Å². The van der Waals surface area contributed by atoms with Gasteiger partial charge < -0.3 is 8.37 Å². The number of hydrogen-bond acceptors (Lipinski definition) is 6. The third-order valence-electron chi connectivity index (χ3n) is 7.69. The molecule has 0 saturated heterocycles. The Morgan fingerprint density at radius 1 is 0.533 bits per heavy atom. The second kappa shape index (κ2) is 10.5. The molecule has 0 spiro atoms. The van der Waals surface area contributed by atoms with Gasteiger partial charge in [0.15, 0.2) is 0 Å². The maximum absolute atomic E-state index is 13.2. The predicted octanol–water partition coefficient (Wildman–Crippen LogP) is 7.74. The van der Waals surface area contributed by atoms with Crippen molar-refractivity contribution in [3.8, 4) is 22.6 Å². The number of rotatable bonds is 6. The van der Waals surface area contributed by atoms with Gasteiger partial charge in [0, 0.05) is 0 Å². The number of hydrogen-bond donors (Lipinski definition) is 0. The summed E-state index contributed by atoms with van der Waals surface area (Å²) < 4.78 is 136. The van der Waals surface area contributed by atoms with Crippen LogP contribution in [0, 0.1) is 27.7 Å². The van der Waals surface area contributed by atoms with Crippen LogP contribution in [0.25, 0.3) is 11.1 Å². The largest absolute Gasteiger partial charge is 0.534 e. The first-order valence-electron chi connectivity index (χ1n) is 13.2. The molecule has 0 fully saturated rings. The van der Waals surface area contributed by atoms with Crippen LogP contribution in [0.2, 0.25) is 0 Å². The third-order valence-corrected chi connectivity index (χ3v) is 9.60. The Hall–Kier alpha value is -4.04. The van der Waals surface area contributed by atoms with Crippen molar-refractivity contribution in [3.63, 3.8) is 0 Å². The van der Waals surface area contributed by atoms with E-state index in [4.69, 9.17) is 0 Å². The first-order chi connectivity index (χ1) is 20.7. The molecule has 0 N–H and O–H groups in total. The molecule has 14 heteroatoms. The number of benzene rings is 4. The standard InChI is InChI=1S/C31H24F6O6S2/c1-17-13-21(14-18(2)27(17)42-44(38,39)30(32,33)34)29(25-11-7-5-9-23(25)24-10-6-8-12-26(24)29)22-15-19(3)28(20(4)16-22)43-45(40,41)31(35,36)37/h5-16H,1-4H3. The summed E-state index contributed by atoms with van der Waals surface area (Å²) in [6, 6.07) is 20.6. The van der Waals surface area contributed by atoms with Crippen molar-refractivity contribution >= 4 is 20.2 Å². The molecule has 5 rings (SSSR count). The number of alkyl halides is 6. The Labute approximate surface area is 255 Å². The van der Waals surface area contributed by atoms with Crippen LogP contribution in [0.15, 0.2) is 72.8 Å². The topological polar surface area (TPSA) is 86.7 Å². The Morgan fingerprint density at radius 3 is 1.11 bits per heavy atom. The average Bonchev–Trinajstić information content (AvgIpc) is 3.22. The molecular formula is C31H24F6O6S2. The molecule has 1 aliphatic rings. The Morgan fingerprint density at radius 2 is 0.822 bits per heavy atom. The van der Waals surface area contributed by atoms with Crippen LogP contribution in [-0.2, 0) is 25.7 Å².